The third kappa shape index (κ3) is 3.58. The first-order chi connectivity index (χ1) is 12.0. The van der Waals surface area contributed by atoms with Crippen LogP contribution in [0.2, 0.25) is 0 Å². The molecule has 0 unspecified atom stereocenters. The normalized spacial score (nSPS) is 11.5. The molecule has 2 aromatic carbocycles. The van der Waals surface area contributed by atoms with Gasteiger partial charge < -0.3 is 0 Å². The highest BCUT2D eigenvalue weighted by Crippen LogP contribution is 2.11. The van der Waals surface area contributed by atoms with E-state index in [-0.39, 0.29) is 16.3 Å². The fourth-order valence-corrected chi connectivity index (χ4v) is 2.54. The molecule has 25 heavy (non-hydrogen) atoms. The van der Waals surface area contributed by atoms with Crippen molar-refractivity contribution >= 4 is 38.3 Å². The Kier molecular flexibility index (Phi) is 4.62. The zero-order chi connectivity index (χ0) is 18.0. The van der Waals surface area contributed by atoms with Gasteiger partial charge in [-0.1, -0.05) is 28.1 Å². The smallest absolute Gasteiger partial charge is 0.267 e. The second-order valence-corrected chi connectivity index (χ2v) is 6.23. The molecule has 1 amide bonds. The minimum Gasteiger partial charge on any atom is -0.267 e. The summed E-state index contributed by atoms with van der Waals surface area (Å²) in [4.78, 5) is 35.7. The van der Waals surface area contributed by atoms with Gasteiger partial charge in [-0.15, -0.1) is 0 Å². The second-order valence-electron chi connectivity index (χ2n) is 5.31. The summed E-state index contributed by atoms with van der Waals surface area (Å²) < 4.78 is 0.949. The maximum absolute atomic E-state index is 12.3. The highest BCUT2D eigenvalue weighted by molar-refractivity contribution is 9.10. The van der Waals surface area contributed by atoms with Crippen LogP contribution >= 0.6 is 15.9 Å². The fraction of sp³-hybridized carbons (Fsp3) is 0.0588. The molecule has 126 valence electrons. The lowest BCUT2D eigenvalue weighted by atomic mass is 10.1. The number of rotatable bonds is 3. The van der Waals surface area contributed by atoms with E-state index in [0.29, 0.717) is 5.71 Å². The van der Waals surface area contributed by atoms with Crippen LogP contribution in [0.15, 0.2) is 61.6 Å². The van der Waals surface area contributed by atoms with E-state index in [2.05, 4.69) is 36.7 Å². The van der Waals surface area contributed by atoms with Crippen molar-refractivity contribution in [3.05, 3.63) is 78.8 Å². The van der Waals surface area contributed by atoms with Crippen LogP contribution in [0.25, 0.3) is 10.8 Å². The number of nitrogens with one attached hydrogen (secondary N) is 3. The number of amides is 1. The molecule has 0 aliphatic rings. The Hall–Kier alpha value is -3.00. The third-order valence-electron chi connectivity index (χ3n) is 3.65. The lowest BCUT2D eigenvalue weighted by molar-refractivity contribution is 0.0955. The van der Waals surface area contributed by atoms with E-state index in [4.69, 9.17) is 0 Å². The lowest BCUT2D eigenvalue weighted by Crippen LogP contribution is -2.22. The standard InChI is InChI=1S/C17H13BrN4O3/c1-9(10-2-5-12(18)6-3-10)19-20-15(23)11-4-7-13-14(8-11)17(25)22-21-16(13)24/h2-8H,1H3,(H,20,23)(H,21,24)(H,22,25)/b19-9+. The summed E-state index contributed by atoms with van der Waals surface area (Å²) in [6, 6.07) is 11.8. The first-order valence-corrected chi connectivity index (χ1v) is 8.10. The average Bonchev–Trinajstić information content (AvgIpc) is 2.63. The quantitative estimate of drug-likeness (QED) is 0.462. The molecule has 0 saturated carbocycles. The molecule has 0 fully saturated rings. The molecule has 8 heteroatoms. The van der Waals surface area contributed by atoms with Gasteiger partial charge in [0.25, 0.3) is 17.0 Å². The number of nitrogens with zero attached hydrogens (tertiary/aromatic N) is 1. The van der Waals surface area contributed by atoms with E-state index in [1.165, 1.54) is 18.2 Å². The number of halogens is 1. The van der Waals surface area contributed by atoms with E-state index in [0.717, 1.165) is 10.0 Å². The summed E-state index contributed by atoms with van der Waals surface area (Å²) in [5.41, 5.74) is 3.28. The minimum absolute atomic E-state index is 0.144. The molecule has 0 atom stereocenters. The second kappa shape index (κ2) is 6.86. The number of H-pyrrole nitrogens is 2. The molecule has 0 bridgehead atoms. The first-order valence-electron chi connectivity index (χ1n) is 7.31. The van der Waals surface area contributed by atoms with Crippen LogP contribution in [0.3, 0.4) is 0 Å². The molecule has 0 radical (unpaired) electrons. The Morgan fingerprint density at radius 2 is 1.56 bits per heavy atom. The molecule has 0 saturated heterocycles. The topological polar surface area (TPSA) is 107 Å². The molecule has 7 nitrogen and oxygen atoms in total. The molecule has 0 spiro atoms. The Labute approximate surface area is 149 Å². The highest BCUT2D eigenvalue weighted by atomic mass is 79.9. The Morgan fingerprint density at radius 3 is 2.24 bits per heavy atom. The molecule has 1 aromatic heterocycles. The van der Waals surface area contributed by atoms with Crippen LogP contribution in [0.1, 0.15) is 22.8 Å². The summed E-state index contributed by atoms with van der Waals surface area (Å²) in [6.45, 7) is 1.77. The first kappa shape index (κ1) is 16.8. The molecule has 3 rings (SSSR count). The molecule has 1 heterocycles. The maximum Gasteiger partial charge on any atom is 0.271 e. The minimum atomic E-state index is -0.474. The number of carbonyl (C=O) groups excluding carboxylic acids is 1. The highest BCUT2D eigenvalue weighted by Gasteiger charge is 2.09. The monoisotopic (exact) mass is 400 g/mol. The summed E-state index contributed by atoms with van der Waals surface area (Å²) in [5.74, 6) is -0.474. The van der Waals surface area contributed by atoms with Crippen LogP contribution < -0.4 is 16.5 Å². The van der Waals surface area contributed by atoms with Gasteiger partial charge in [0, 0.05) is 10.0 Å². The Morgan fingerprint density at radius 1 is 0.960 bits per heavy atom. The average molecular weight is 401 g/mol. The predicted octanol–water partition coefficient (Wildman–Crippen LogP) is 2.13. The number of fused-ring (bicyclic) bond motifs is 1. The number of hydrazone groups is 1. The van der Waals surface area contributed by atoms with Crippen LogP contribution in [0, 0.1) is 0 Å². The van der Waals surface area contributed by atoms with E-state index in [1.54, 1.807) is 6.92 Å². The number of aromatic amines is 2. The van der Waals surface area contributed by atoms with Gasteiger partial charge in [0.05, 0.1) is 16.5 Å². The summed E-state index contributed by atoms with van der Waals surface area (Å²) >= 11 is 3.36. The Bertz CT molecular complexity index is 1100. The van der Waals surface area contributed by atoms with Crippen molar-refractivity contribution < 1.29 is 4.79 Å². The van der Waals surface area contributed by atoms with Crippen molar-refractivity contribution in [3.8, 4) is 0 Å². The molecule has 3 N–H and O–H groups in total. The molecule has 0 aliphatic heterocycles. The zero-order valence-corrected chi connectivity index (χ0v) is 14.7. The Balaban J connectivity index is 1.86. The van der Waals surface area contributed by atoms with Crippen LogP contribution in [-0.2, 0) is 0 Å². The van der Waals surface area contributed by atoms with Crippen molar-refractivity contribution in [2.24, 2.45) is 5.10 Å². The number of hydrogen-bond donors (Lipinski definition) is 3. The van der Waals surface area contributed by atoms with E-state index in [9.17, 15) is 14.4 Å². The van der Waals surface area contributed by atoms with Gasteiger partial charge in [-0.3, -0.25) is 24.6 Å². The summed E-state index contributed by atoms with van der Waals surface area (Å²) in [7, 11) is 0. The van der Waals surface area contributed by atoms with Gasteiger partial charge in [-0.05, 0) is 42.8 Å². The predicted molar refractivity (Wildman–Crippen MR) is 99.0 cm³/mol. The molecular formula is C17H13BrN4O3. The lowest BCUT2D eigenvalue weighted by Gasteiger charge is -2.04. The number of benzene rings is 2. The van der Waals surface area contributed by atoms with Crippen LogP contribution in [0.5, 0.6) is 0 Å². The van der Waals surface area contributed by atoms with Gasteiger partial charge in [0.1, 0.15) is 0 Å². The van der Waals surface area contributed by atoms with Gasteiger partial charge in [0.2, 0.25) is 0 Å². The zero-order valence-electron chi connectivity index (χ0n) is 13.1. The van der Waals surface area contributed by atoms with Crippen molar-refractivity contribution in [3.63, 3.8) is 0 Å². The summed E-state index contributed by atoms with van der Waals surface area (Å²) in [6.07, 6.45) is 0. The van der Waals surface area contributed by atoms with Gasteiger partial charge in [-0.25, -0.2) is 5.43 Å². The molecular weight excluding hydrogens is 388 g/mol. The van der Waals surface area contributed by atoms with Crippen molar-refractivity contribution in [2.75, 3.05) is 0 Å². The molecule has 0 aliphatic carbocycles. The van der Waals surface area contributed by atoms with E-state index < -0.39 is 17.0 Å². The van der Waals surface area contributed by atoms with Crippen molar-refractivity contribution in [2.45, 2.75) is 6.92 Å². The van der Waals surface area contributed by atoms with E-state index in [1.807, 2.05) is 24.3 Å². The number of hydrogen-bond acceptors (Lipinski definition) is 4. The largest absolute Gasteiger partial charge is 0.271 e. The number of carbonyl (C=O) groups is 1. The van der Waals surface area contributed by atoms with Gasteiger partial charge >= 0.3 is 0 Å². The van der Waals surface area contributed by atoms with Crippen molar-refractivity contribution in [1.29, 1.82) is 0 Å². The van der Waals surface area contributed by atoms with Crippen LogP contribution in [-0.4, -0.2) is 21.8 Å². The fourth-order valence-electron chi connectivity index (χ4n) is 2.27. The summed E-state index contributed by atoms with van der Waals surface area (Å²) in [5, 5.41) is 8.89. The molecule has 3 aromatic rings. The van der Waals surface area contributed by atoms with Gasteiger partial charge in [-0.2, -0.15) is 5.10 Å². The van der Waals surface area contributed by atoms with Gasteiger partial charge in [0.15, 0.2) is 0 Å². The number of aromatic nitrogens is 2. The SMILES string of the molecule is C/C(=N\NC(=O)c1ccc2c(=O)[nH][nH]c(=O)c2c1)c1ccc(Br)cc1. The maximum atomic E-state index is 12.3. The van der Waals surface area contributed by atoms with E-state index >= 15 is 0 Å². The van der Waals surface area contributed by atoms with Crippen LogP contribution in [0.4, 0.5) is 0 Å². The third-order valence-corrected chi connectivity index (χ3v) is 4.18. The van der Waals surface area contributed by atoms with Crippen molar-refractivity contribution in [1.82, 2.24) is 15.6 Å².